The van der Waals surface area contributed by atoms with Crippen LogP contribution < -0.4 is 0 Å². The van der Waals surface area contributed by atoms with Gasteiger partial charge in [-0.1, -0.05) is 29.3 Å². The standard InChI is InChI=1S/C18H15Cl2N3O/c19-12-4-7-15(16(20)9-12)18(24)23(13-5-6-13)11-14-10-21-17-3-1-2-8-22(14)17/h1-4,7-10,13H,5-6,11H2. The summed E-state index contributed by atoms with van der Waals surface area (Å²) in [5.74, 6) is -0.0648. The second-order valence-electron chi connectivity index (χ2n) is 5.97. The lowest BCUT2D eigenvalue weighted by Gasteiger charge is -2.23. The van der Waals surface area contributed by atoms with Crippen LogP contribution in [0.15, 0.2) is 48.8 Å². The molecule has 0 spiro atoms. The summed E-state index contributed by atoms with van der Waals surface area (Å²) in [6, 6.07) is 11.1. The number of rotatable bonds is 4. The molecule has 4 rings (SSSR count). The molecule has 1 fully saturated rings. The first-order valence-electron chi connectivity index (χ1n) is 7.80. The van der Waals surface area contributed by atoms with E-state index in [4.69, 9.17) is 23.2 Å². The van der Waals surface area contributed by atoms with Crippen LogP contribution in [0, 0.1) is 0 Å². The summed E-state index contributed by atoms with van der Waals surface area (Å²) >= 11 is 12.2. The van der Waals surface area contributed by atoms with Gasteiger partial charge in [-0.3, -0.25) is 4.79 Å². The van der Waals surface area contributed by atoms with Crippen molar-refractivity contribution in [2.45, 2.75) is 25.4 Å². The summed E-state index contributed by atoms with van der Waals surface area (Å²) in [7, 11) is 0. The summed E-state index contributed by atoms with van der Waals surface area (Å²) < 4.78 is 2.01. The molecule has 1 aromatic carbocycles. The van der Waals surface area contributed by atoms with Crippen molar-refractivity contribution in [2.24, 2.45) is 0 Å². The number of amides is 1. The molecule has 122 valence electrons. The number of aromatic nitrogens is 2. The summed E-state index contributed by atoms with van der Waals surface area (Å²) in [4.78, 5) is 19.3. The molecule has 0 N–H and O–H groups in total. The third kappa shape index (κ3) is 2.87. The Labute approximate surface area is 149 Å². The number of carbonyl (C=O) groups excluding carboxylic acids is 1. The van der Waals surface area contributed by atoms with E-state index in [1.807, 2.05) is 39.9 Å². The van der Waals surface area contributed by atoms with Crippen LogP contribution in [-0.4, -0.2) is 26.2 Å². The van der Waals surface area contributed by atoms with Crippen molar-refractivity contribution in [1.82, 2.24) is 14.3 Å². The average Bonchev–Trinajstić information content (AvgIpc) is 3.33. The third-order valence-electron chi connectivity index (χ3n) is 4.24. The summed E-state index contributed by atoms with van der Waals surface area (Å²) in [5, 5.41) is 0.910. The van der Waals surface area contributed by atoms with E-state index in [9.17, 15) is 4.79 Å². The van der Waals surface area contributed by atoms with Crippen LogP contribution in [0.25, 0.3) is 5.65 Å². The highest BCUT2D eigenvalue weighted by Gasteiger charge is 2.34. The Hall–Kier alpha value is -2.04. The molecule has 3 aromatic rings. The normalized spacial score (nSPS) is 14.1. The van der Waals surface area contributed by atoms with Gasteiger partial charge in [0.15, 0.2) is 0 Å². The highest BCUT2D eigenvalue weighted by atomic mass is 35.5. The third-order valence-corrected chi connectivity index (χ3v) is 4.78. The molecular formula is C18H15Cl2N3O. The quantitative estimate of drug-likeness (QED) is 0.690. The number of carbonyl (C=O) groups is 1. The zero-order chi connectivity index (χ0) is 16.7. The lowest BCUT2D eigenvalue weighted by molar-refractivity contribution is 0.0727. The molecule has 2 heterocycles. The van der Waals surface area contributed by atoms with E-state index in [1.165, 1.54) is 0 Å². The van der Waals surface area contributed by atoms with E-state index in [2.05, 4.69) is 4.98 Å². The van der Waals surface area contributed by atoms with Gasteiger partial charge in [0.1, 0.15) is 5.65 Å². The van der Waals surface area contributed by atoms with Crippen molar-refractivity contribution < 1.29 is 4.79 Å². The monoisotopic (exact) mass is 359 g/mol. The molecule has 0 unspecified atom stereocenters. The first-order chi connectivity index (χ1) is 11.6. The van der Waals surface area contributed by atoms with Crippen LogP contribution in [-0.2, 0) is 6.54 Å². The minimum atomic E-state index is -0.0648. The molecule has 0 aliphatic heterocycles. The maximum absolute atomic E-state index is 13.0. The Kier molecular flexibility index (Phi) is 3.94. The maximum Gasteiger partial charge on any atom is 0.255 e. The van der Waals surface area contributed by atoms with Crippen LogP contribution in [0.5, 0.6) is 0 Å². The predicted molar refractivity (Wildman–Crippen MR) is 94.5 cm³/mol. The molecule has 0 saturated heterocycles. The molecular weight excluding hydrogens is 345 g/mol. The van der Waals surface area contributed by atoms with Gasteiger partial charge in [-0.2, -0.15) is 0 Å². The first-order valence-corrected chi connectivity index (χ1v) is 8.56. The van der Waals surface area contributed by atoms with Crippen molar-refractivity contribution in [3.05, 3.63) is 70.1 Å². The number of hydrogen-bond donors (Lipinski definition) is 0. The van der Waals surface area contributed by atoms with Crippen LogP contribution in [0.4, 0.5) is 0 Å². The van der Waals surface area contributed by atoms with Crippen LogP contribution in [0.3, 0.4) is 0 Å². The number of benzene rings is 1. The number of pyridine rings is 1. The number of halogens is 2. The topological polar surface area (TPSA) is 37.6 Å². The fraction of sp³-hybridized carbons (Fsp3) is 0.222. The van der Waals surface area contributed by atoms with E-state index >= 15 is 0 Å². The smallest absolute Gasteiger partial charge is 0.255 e. The number of fused-ring (bicyclic) bond motifs is 1. The lowest BCUT2D eigenvalue weighted by atomic mass is 10.2. The second-order valence-corrected chi connectivity index (χ2v) is 6.81. The molecule has 1 amide bonds. The van der Waals surface area contributed by atoms with Crippen LogP contribution in [0.2, 0.25) is 10.0 Å². The summed E-state index contributed by atoms with van der Waals surface area (Å²) in [6.45, 7) is 0.508. The van der Waals surface area contributed by atoms with Gasteiger partial charge in [-0.25, -0.2) is 4.98 Å². The molecule has 2 aromatic heterocycles. The van der Waals surface area contributed by atoms with Gasteiger partial charge >= 0.3 is 0 Å². The van der Waals surface area contributed by atoms with E-state index in [0.29, 0.717) is 22.2 Å². The molecule has 0 radical (unpaired) electrons. The van der Waals surface area contributed by atoms with Crippen molar-refractivity contribution in [2.75, 3.05) is 0 Å². The fourth-order valence-electron chi connectivity index (χ4n) is 2.85. The zero-order valence-electron chi connectivity index (χ0n) is 12.8. The van der Waals surface area contributed by atoms with Gasteiger partial charge in [0, 0.05) is 17.3 Å². The SMILES string of the molecule is O=C(c1ccc(Cl)cc1Cl)N(Cc1cnc2ccccn12)C1CC1. The van der Waals surface area contributed by atoms with Gasteiger partial charge in [-0.05, 0) is 43.2 Å². The molecule has 6 heteroatoms. The minimum absolute atomic E-state index is 0.0648. The van der Waals surface area contributed by atoms with Crippen molar-refractivity contribution in [3.63, 3.8) is 0 Å². The van der Waals surface area contributed by atoms with Gasteiger partial charge in [0.2, 0.25) is 0 Å². The Bertz CT molecular complexity index is 918. The van der Waals surface area contributed by atoms with Crippen LogP contribution in [0.1, 0.15) is 28.9 Å². The molecule has 0 bridgehead atoms. The fourth-order valence-corrected chi connectivity index (χ4v) is 3.34. The van der Waals surface area contributed by atoms with E-state index in [0.717, 1.165) is 24.2 Å². The highest BCUT2D eigenvalue weighted by molar-refractivity contribution is 6.36. The first kappa shape index (κ1) is 15.5. The Morgan fingerprint density at radius 1 is 1.25 bits per heavy atom. The zero-order valence-corrected chi connectivity index (χ0v) is 14.3. The predicted octanol–water partition coefficient (Wildman–Crippen LogP) is 4.45. The van der Waals surface area contributed by atoms with Crippen LogP contribution >= 0.6 is 23.2 Å². The Morgan fingerprint density at radius 2 is 2.08 bits per heavy atom. The second kappa shape index (κ2) is 6.11. The van der Waals surface area contributed by atoms with Gasteiger partial charge in [-0.15, -0.1) is 0 Å². The van der Waals surface area contributed by atoms with Gasteiger partial charge < -0.3 is 9.30 Å². The maximum atomic E-state index is 13.0. The molecule has 24 heavy (non-hydrogen) atoms. The van der Waals surface area contributed by atoms with Gasteiger partial charge in [0.25, 0.3) is 5.91 Å². The molecule has 1 aliphatic carbocycles. The Balaban J connectivity index is 1.66. The number of imidazole rings is 1. The average molecular weight is 360 g/mol. The lowest BCUT2D eigenvalue weighted by Crippen LogP contribution is -2.33. The van der Waals surface area contributed by atoms with Gasteiger partial charge in [0.05, 0.1) is 29.0 Å². The van der Waals surface area contributed by atoms with Crippen molar-refractivity contribution in [3.8, 4) is 0 Å². The minimum Gasteiger partial charge on any atom is -0.330 e. The highest BCUT2D eigenvalue weighted by Crippen LogP contribution is 2.32. The number of nitrogens with zero attached hydrogens (tertiary/aromatic N) is 3. The molecule has 4 nitrogen and oxygen atoms in total. The van der Waals surface area contributed by atoms with E-state index < -0.39 is 0 Å². The molecule has 1 saturated carbocycles. The van der Waals surface area contributed by atoms with E-state index in [-0.39, 0.29) is 11.9 Å². The summed E-state index contributed by atoms with van der Waals surface area (Å²) in [6.07, 6.45) is 5.82. The largest absolute Gasteiger partial charge is 0.330 e. The molecule has 0 atom stereocenters. The van der Waals surface area contributed by atoms with Crippen molar-refractivity contribution in [1.29, 1.82) is 0 Å². The Morgan fingerprint density at radius 3 is 2.83 bits per heavy atom. The number of hydrogen-bond acceptors (Lipinski definition) is 2. The summed E-state index contributed by atoms with van der Waals surface area (Å²) in [5.41, 5.74) is 2.35. The van der Waals surface area contributed by atoms with Crippen molar-refractivity contribution >= 4 is 34.8 Å². The van der Waals surface area contributed by atoms with E-state index in [1.54, 1.807) is 18.2 Å². The molecule has 1 aliphatic rings.